The number of rotatable bonds is 4. The van der Waals surface area contributed by atoms with Gasteiger partial charge in [-0.3, -0.25) is 14.5 Å². The molecule has 1 atom stereocenters. The number of aromatic nitrogens is 1. The van der Waals surface area contributed by atoms with Crippen LogP contribution in [-0.2, 0) is 17.8 Å². The molecule has 0 bridgehead atoms. The zero-order valence-electron chi connectivity index (χ0n) is 15.6. The summed E-state index contributed by atoms with van der Waals surface area (Å²) in [6.45, 7) is 7.59. The third-order valence-electron chi connectivity index (χ3n) is 5.76. The molecule has 2 fully saturated rings. The van der Waals surface area contributed by atoms with Crippen molar-refractivity contribution in [3.63, 3.8) is 0 Å². The van der Waals surface area contributed by atoms with E-state index in [0.29, 0.717) is 17.9 Å². The van der Waals surface area contributed by atoms with Crippen LogP contribution in [0.5, 0.6) is 0 Å². The Bertz CT molecular complexity index is 884. The van der Waals surface area contributed by atoms with Crippen LogP contribution in [0.15, 0.2) is 29.1 Å². The Labute approximate surface area is 154 Å². The van der Waals surface area contributed by atoms with Crippen LogP contribution in [0.2, 0.25) is 0 Å². The van der Waals surface area contributed by atoms with Crippen LogP contribution in [0.4, 0.5) is 0 Å². The van der Waals surface area contributed by atoms with E-state index in [2.05, 4.69) is 35.0 Å². The summed E-state index contributed by atoms with van der Waals surface area (Å²) in [6.07, 6.45) is 2.89. The van der Waals surface area contributed by atoms with Gasteiger partial charge in [0.15, 0.2) is 0 Å². The average molecular weight is 353 g/mol. The zero-order valence-corrected chi connectivity index (χ0v) is 15.6. The van der Waals surface area contributed by atoms with Gasteiger partial charge in [0.2, 0.25) is 5.91 Å². The molecule has 1 saturated heterocycles. The van der Waals surface area contributed by atoms with Gasteiger partial charge in [-0.25, -0.2) is 0 Å². The highest BCUT2D eigenvalue weighted by molar-refractivity contribution is 5.81. The van der Waals surface area contributed by atoms with Gasteiger partial charge in [0.25, 0.3) is 5.56 Å². The van der Waals surface area contributed by atoms with Gasteiger partial charge in [0, 0.05) is 49.2 Å². The van der Waals surface area contributed by atoms with E-state index >= 15 is 0 Å². The van der Waals surface area contributed by atoms with Crippen LogP contribution < -0.4 is 5.56 Å². The normalized spacial score (nSPS) is 21.3. The molecule has 2 heterocycles. The number of hydrogen-bond acceptors (Lipinski definition) is 3. The van der Waals surface area contributed by atoms with Gasteiger partial charge in [-0.1, -0.05) is 19.1 Å². The molecule has 1 aromatic carbocycles. The lowest BCUT2D eigenvalue weighted by Crippen LogP contribution is -2.53. The first kappa shape index (κ1) is 17.3. The van der Waals surface area contributed by atoms with Crippen molar-refractivity contribution in [3.8, 4) is 0 Å². The van der Waals surface area contributed by atoms with Crippen LogP contribution in [0.3, 0.4) is 0 Å². The summed E-state index contributed by atoms with van der Waals surface area (Å²) in [7, 11) is 0. The minimum atomic E-state index is 0.0118. The minimum Gasteiger partial charge on any atom is -0.340 e. The molecule has 1 N–H and O–H groups in total. The monoisotopic (exact) mass is 353 g/mol. The fourth-order valence-corrected chi connectivity index (χ4v) is 3.91. The van der Waals surface area contributed by atoms with E-state index in [1.807, 2.05) is 17.9 Å². The summed E-state index contributed by atoms with van der Waals surface area (Å²) in [5.41, 5.74) is 2.94. The highest BCUT2D eigenvalue weighted by Gasteiger charge is 2.36. The number of carbonyl (C=O) groups is 1. The molecule has 1 saturated carbocycles. The van der Waals surface area contributed by atoms with E-state index < -0.39 is 0 Å². The lowest BCUT2D eigenvalue weighted by atomic mass is 10.1. The minimum absolute atomic E-state index is 0.0118. The Morgan fingerprint density at radius 1 is 1.23 bits per heavy atom. The number of carbonyl (C=O) groups excluding carboxylic acids is 1. The quantitative estimate of drug-likeness (QED) is 0.919. The number of benzene rings is 1. The Morgan fingerprint density at radius 3 is 2.73 bits per heavy atom. The number of aryl methyl sites for hydroxylation is 1. The molecule has 0 unspecified atom stereocenters. The SMILES string of the molecule is CCc1cc2ccc(CN3CCN(C(=O)C4CC4)C[C@@H]3C)cc2[nH]c1=O. The maximum Gasteiger partial charge on any atom is 0.251 e. The Morgan fingerprint density at radius 2 is 2.04 bits per heavy atom. The van der Waals surface area contributed by atoms with E-state index in [9.17, 15) is 9.59 Å². The van der Waals surface area contributed by atoms with Crippen molar-refractivity contribution >= 4 is 16.8 Å². The fraction of sp³-hybridized carbons (Fsp3) is 0.524. The molecule has 5 nitrogen and oxygen atoms in total. The lowest BCUT2D eigenvalue weighted by molar-refractivity contribution is -0.135. The first-order chi connectivity index (χ1) is 12.5. The second-order valence-corrected chi connectivity index (χ2v) is 7.78. The predicted molar refractivity (Wildman–Crippen MR) is 103 cm³/mol. The highest BCUT2D eigenvalue weighted by Crippen LogP contribution is 2.31. The van der Waals surface area contributed by atoms with Crippen molar-refractivity contribution in [1.29, 1.82) is 0 Å². The zero-order chi connectivity index (χ0) is 18.3. The Kier molecular flexibility index (Phi) is 4.57. The van der Waals surface area contributed by atoms with Gasteiger partial charge in [0.05, 0.1) is 0 Å². The molecular formula is C21H27N3O2. The van der Waals surface area contributed by atoms with Crippen molar-refractivity contribution in [3.05, 3.63) is 45.7 Å². The van der Waals surface area contributed by atoms with Gasteiger partial charge >= 0.3 is 0 Å². The van der Waals surface area contributed by atoms with Crippen LogP contribution in [0.1, 0.15) is 37.8 Å². The number of amides is 1. The van der Waals surface area contributed by atoms with Crippen molar-refractivity contribution in [1.82, 2.24) is 14.8 Å². The molecule has 4 rings (SSSR count). The predicted octanol–water partition coefficient (Wildman–Crippen LogP) is 2.53. The van der Waals surface area contributed by atoms with E-state index in [1.165, 1.54) is 5.56 Å². The van der Waals surface area contributed by atoms with Crippen molar-refractivity contribution in [2.24, 2.45) is 5.92 Å². The van der Waals surface area contributed by atoms with Crippen LogP contribution >= 0.6 is 0 Å². The van der Waals surface area contributed by atoms with Gasteiger partial charge in [0.1, 0.15) is 0 Å². The first-order valence-corrected chi connectivity index (χ1v) is 9.73. The lowest BCUT2D eigenvalue weighted by Gasteiger charge is -2.40. The van der Waals surface area contributed by atoms with Crippen LogP contribution in [0.25, 0.3) is 10.9 Å². The molecule has 0 spiro atoms. The second-order valence-electron chi connectivity index (χ2n) is 7.78. The van der Waals surface area contributed by atoms with Crippen LogP contribution in [-0.4, -0.2) is 46.4 Å². The van der Waals surface area contributed by atoms with Crippen molar-refractivity contribution in [2.45, 2.75) is 45.7 Å². The fourth-order valence-electron chi connectivity index (χ4n) is 3.91. The molecule has 138 valence electrons. The highest BCUT2D eigenvalue weighted by atomic mass is 16.2. The molecule has 1 aromatic heterocycles. The van der Waals surface area contributed by atoms with Crippen molar-refractivity contribution in [2.75, 3.05) is 19.6 Å². The molecular weight excluding hydrogens is 326 g/mol. The largest absolute Gasteiger partial charge is 0.340 e. The summed E-state index contributed by atoms with van der Waals surface area (Å²) in [6, 6.07) is 8.67. The third-order valence-corrected chi connectivity index (χ3v) is 5.76. The maximum absolute atomic E-state index is 12.3. The van der Waals surface area contributed by atoms with Crippen molar-refractivity contribution < 1.29 is 4.79 Å². The van der Waals surface area contributed by atoms with Gasteiger partial charge in [-0.2, -0.15) is 0 Å². The number of pyridine rings is 1. The maximum atomic E-state index is 12.3. The number of aromatic amines is 1. The summed E-state index contributed by atoms with van der Waals surface area (Å²) in [5, 5.41) is 1.08. The molecule has 1 amide bonds. The summed E-state index contributed by atoms with van der Waals surface area (Å²) < 4.78 is 0. The van der Waals surface area contributed by atoms with Gasteiger partial charge in [-0.15, -0.1) is 0 Å². The van der Waals surface area contributed by atoms with E-state index in [4.69, 9.17) is 0 Å². The van der Waals surface area contributed by atoms with Gasteiger partial charge < -0.3 is 9.88 Å². The molecule has 1 aliphatic heterocycles. The number of hydrogen-bond donors (Lipinski definition) is 1. The molecule has 0 radical (unpaired) electrons. The molecule has 2 aliphatic rings. The third kappa shape index (κ3) is 3.40. The Balaban J connectivity index is 1.47. The Hall–Kier alpha value is -2.14. The van der Waals surface area contributed by atoms with E-state index in [-0.39, 0.29) is 5.56 Å². The molecule has 2 aromatic rings. The summed E-state index contributed by atoms with van der Waals surface area (Å²) >= 11 is 0. The molecule has 5 heteroatoms. The number of piperazine rings is 1. The average Bonchev–Trinajstić information content (AvgIpc) is 3.47. The second kappa shape index (κ2) is 6.88. The van der Waals surface area contributed by atoms with E-state index in [1.54, 1.807) is 0 Å². The first-order valence-electron chi connectivity index (χ1n) is 9.73. The summed E-state index contributed by atoms with van der Waals surface area (Å²) in [4.78, 5) is 31.8. The number of nitrogens with one attached hydrogen (secondary N) is 1. The number of fused-ring (bicyclic) bond motifs is 1. The smallest absolute Gasteiger partial charge is 0.251 e. The number of H-pyrrole nitrogens is 1. The molecule has 1 aliphatic carbocycles. The molecule has 26 heavy (non-hydrogen) atoms. The van der Waals surface area contributed by atoms with Gasteiger partial charge in [-0.05, 0) is 49.3 Å². The standard InChI is InChI=1S/C21H27N3O2/c1-3-16-11-18-5-4-15(10-19(18)22-20(16)25)13-23-8-9-24(12-14(23)2)21(26)17-6-7-17/h4-5,10-11,14,17H,3,6-9,12-13H2,1-2H3,(H,22,25)/t14-/m0/s1. The summed E-state index contributed by atoms with van der Waals surface area (Å²) in [5.74, 6) is 0.658. The van der Waals surface area contributed by atoms with E-state index in [0.717, 1.165) is 61.9 Å². The number of nitrogens with zero attached hydrogens (tertiary/aromatic N) is 2. The van der Waals surface area contributed by atoms with Crippen LogP contribution in [0, 0.1) is 5.92 Å². The topological polar surface area (TPSA) is 56.4 Å².